The first-order valence-electron chi connectivity index (χ1n) is 6.14. The molecule has 2 aromatic rings. The van der Waals surface area contributed by atoms with Crippen molar-refractivity contribution < 1.29 is 22.8 Å². The fourth-order valence-electron chi connectivity index (χ4n) is 1.53. The van der Waals surface area contributed by atoms with Crippen LogP contribution in [-0.4, -0.2) is 36.9 Å². The molecular weight excluding hydrogens is 298 g/mol. The highest BCUT2D eigenvalue weighted by molar-refractivity contribution is 7.89. The lowest BCUT2D eigenvalue weighted by Crippen LogP contribution is -2.23. The van der Waals surface area contributed by atoms with Crippen molar-refractivity contribution in [2.75, 3.05) is 13.2 Å². The highest BCUT2D eigenvalue weighted by Gasteiger charge is 2.15. The van der Waals surface area contributed by atoms with E-state index in [2.05, 4.69) is 14.9 Å². The van der Waals surface area contributed by atoms with Crippen molar-refractivity contribution in [1.82, 2.24) is 14.9 Å². The van der Waals surface area contributed by atoms with Crippen LogP contribution in [0.15, 0.2) is 33.7 Å². The lowest BCUT2D eigenvalue weighted by Gasteiger charge is -2.07. The Morgan fingerprint density at radius 1 is 1.33 bits per heavy atom. The minimum absolute atomic E-state index is 0.0774. The molecule has 0 aliphatic carbocycles. The number of nitrogens with one attached hydrogen (secondary N) is 1. The van der Waals surface area contributed by atoms with Gasteiger partial charge in [0.1, 0.15) is 12.4 Å². The lowest BCUT2D eigenvalue weighted by molar-refractivity contribution is 0.201. The summed E-state index contributed by atoms with van der Waals surface area (Å²) < 4.78 is 36.5. The van der Waals surface area contributed by atoms with Gasteiger partial charge in [-0.15, -0.1) is 0 Å². The molecule has 0 bridgehead atoms. The van der Waals surface area contributed by atoms with Gasteiger partial charge in [0.05, 0.1) is 18.0 Å². The van der Waals surface area contributed by atoms with Crippen molar-refractivity contribution in [1.29, 1.82) is 0 Å². The molecule has 0 aliphatic heterocycles. The second-order valence-electron chi connectivity index (χ2n) is 4.10. The van der Waals surface area contributed by atoms with Crippen LogP contribution in [0, 0.1) is 6.92 Å². The van der Waals surface area contributed by atoms with Crippen molar-refractivity contribution in [3.05, 3.63) is 36.0 Å². The molecule has 1 heterocycles. The van der Waals surface area contributed by atoms with Crippen LogP contribution in [0.25, 0.3) is 0 Å². The van der Waals surface area contributed by atoms with Crippen molar-refractivity contribution >= 4 is 10.0 Å². The molecule has 114 valence electrons. The highest BCUT2D eigenvalue weighted by Crippen LogP contribution is 2.16. The number of aromatic nitrogens is 2. The third-order valence-corrected chi connectivity index (χ3v) is 3.89. The van der Waals surface area contributed by atoms with Crippen LogP contribution < -0.4 is 9.46 Å². The monoisotopic (exact) mass is 313 g/mol. The lowest BCUT2D eigenvalue weighted by atomic mass is 10.3. The molecule has 1 aromatic carbocycles. The smallest absolute Gasteiger partial charge is 0.241 e. The zero-order chi connectivity index (χ0) is 15.3. The number of nitrogens with zero attached hydrogens (tertiary/aromatic N) is 2. The van der Waals surface area contributed by atoms with E-state index < -0.39 is 10.0 Å². The number of aliphatic hydroxyl groups excluding tert-OH is 1. The Morgan fingerprint density at radius 2 is 2.05 bits per heavy atom. The third kappa shape index (κ3) is 4.25. The van der Waals surface area contributed by atoms with Crippen LogP contribution in [0.4, 0.5) is 0 Å². The molecule has 1 aromatic heterocycles. The molecule has 21 heavy (non-hydrogen) atoms. The standard InChI is InChI=1S/C12H15N3O5S/c1-9-14-12(20-15-9)8-13-21(17,18)11-4-2-10(3-5-11)19-7-6-16/h2-5,13,16H,6-8H2,1H3. The van der Waals surface area contributed by atoms with E-state index in [1.54, 1.807) is 6.92 Å². The van der Waals surface area contributed by atoms with Crippen LogP contribution in [0.2, 0.25) is 0 Å². The number of sulfonamides is 1. The molecule has 8 nitrogen and oxygen atoms in total. The van der Waals surface area contributed by atoms with Crippen LogP contribution in [0.1, 0.15) is 11.7 Å². The molecule has 0 amide bonds. The SMILES string of the molecule is Cc1noc(CNS(=O)(=O)c2ccc(OCCO)cc2)n1. The van der Waals surface area contributed by atoms with Crippen LogP contribution in [-0.2, 0) is 16.6 Å². The Bertz CT molecular complexity index is 681. The molecular formula is C12H15N3O5S. The number of ether oxygens (including phenoxy) is 1. The first-order chi connectivity index (χ1) is 10.0. The number of aliphatic hydroxyl groups is 1. The molecule has 0 atom stereocenters. The predicted octanol–water partition coefficient (Wildman–Crippen LogP) is 0.228. The van der Waals surface area contributed by atoms with Gasteiger partial charge in [-0.1, -0.05) is 5.16 Å². The van der Waals surface area contributed by atoms with Gasteiger partial charge >= 0.3 is 0 Å². The molecule has 0 radical (unpaired) electrons. The summed E-state index contributed by atoms with van der Waals surface area (Å²) in [7, 11) is -3.67. The first-order valence-corrected chi connectivity index (χ1v) is 7.62. The van der Waals surface area contributed by atoms with Gasteiger partial charge in [0.25, 0.3) is 0 Å². The molecule has 9 heteroatoms. The van der Waals surface area contributed by atoms with E-state index in [4.69, 9.17) is 14.4 Å². The Morgan fingerprint density at radius 3 is 2.62 bits per heavy atom. The van der Waals surface area contributed by atoms with E-state index in [-0.39, 0.29) is 30.5 Å². The summed E-state index contributed by atoms with van der Waals surface area (Å²) in [4.78, 5) is 4.00. The Balaban J connectivity index is 2.01. The van der Waals surface area contributed by atoms with Gasteiger partial charge in [-0.25, -0.2) is 13.1 Å². The van der Waals surface area contributed by atoms with Gasteiger partial charge in [-0.2, -0.15) is 4.98 Å². The second kappa shape index (κ2) is 6.66. The maximum absolute atomic E-state index is 12.1. The van der Waals surface area contributed by atoms with Gasteiger partial charge in [-0.05, 0) is 31.2 Å². The van der Waals surface area contributed by atoms with Crippen molar-refractivity contribution in [2.45, 2.75) is 18.4 Å². The topological polar surface area (TPSA) is 115 Å². The van der Waals surface area contributed by atoms with Gasteiger partial charge in [0, 0.05) is 0 Å². The first kappa shape index (κ1) is 15.4. The maximum atomic E-state index is 12.1. The van der Waals surface area contributed by atoms with E-state index in [0.717, 1.165) is 0 Å². The summed E-state index contributed by atoms with van der Waals surface area (Å²) in [5, 5.41) is 12.2. The Hall–Kier alpha value is -1.97. The quantitative estimate of drug-likeness (QED) is 0.751. The predicted molar refractivity (Wildman–Crippen MR) is 72.1 cm³/mol. The molecule has 0 aliphatic rings. The average molecular weight is 313 g/mol. The molecule has 0 spiro atoms. The summed E-state index contributed by atoms with van der Waals surface area (Å²) in [6, 6.07) is 5.85. The zero-order valence-corrected chi connectivity index (χ0v) is 12.1. The van der Waals surface area contributed by atoms with Gasteiger partial charge in [0.2, 0.25) is 15.9 Å². The van der Waals surface area contributed by atoms with E-state index in [9.17, 15) is 8.42 Å². The normalized spacial score (nSPS) is 11.5. The fraction of sp³-hybridized carbons (Fsp3) is 0.333. The van der Waals surface area contributed by atoms with E-state index in [0.29, 0.717) is 11.6 Å². The van der Waals surface area contributed by atoms with Gasteiger partial charge in [-0.3, -0.25) is 0 Å². The van der Waals surface area contributed by atoms with E-state index in [1.807, 2.05) is 0 Å². The van der Waals surface area contributed by atoms with Crippen LogP contribution in [0.3, 0.4) is 0 Å². The fourth-order valence-corrected chi connectivity index (χ4v) is 2.50. The summed E-state index contributed by atoms with van der Waals surface area (Å²) in [5.74, 6) is 1.11. The molecule has 0 saturated carbocycles. The van der Waals surface area contributed by atoms with Crippen molar-refractivity contribution in [3.8, 4) is 5.75 Å². The Kier molecular flexibility index (Phi) is 4.89. The van der Waals surface area contributed by atoms with Crippen LogP contribution in [0.5, 0.6) is 5.75 Å². The van der Waals surface area contributed by atoms with E-state index in [1.165, 1.54) is 24.3 Å². The molecule has 2 N–H and O–H groups in total. The summed E-state index contributed by atoms with van der Waals surface area (Å²) in [5.41, 5.74) is 0. The number of aryl methyl sites for hydroxylation is 1. The minimum Gasteiger partial charge on any atom is -0.491 e. The van der Waals surface area contributed by atoms with Gasteiger partial charge in [0.15, 0.2) is 5.82 Å². The molecule has 0 unspecified atom stereocenters. The third-order valence-electron chi connectivity index (χ3n) is 2.48. The summed E-state index contributed by atoms with van der Waals surface area (Å²) >= 11 is 0. The number of benzene rings is 1. The summed E-state index contributed by atoms with van der Waals surface area (Å²) in [6.45, 7) is 1.62. The van der Waals surface area contributed by atoms with Crippen molar-refractivity contribution in [3.63, 3.8) is 0 Å². The molecule has 0 saturated heterocycles. The largest absolute Gasteiger partial charge is 0.491 e. The highest BCUT2D eigenvalue weighted by atomic mass is 32.2. The molecule has 2 rings (SSSR count). The zero-order valence-electron chi connectivity index (χ0n) is 11.3. The van der Waals surface area contributed by atoms with Crippen molar-refractivity contribution in [2.24, 2.45) is 0 Å². The maximum Gasteiger partial charge on any atom is 0.241 e. The number of hydrogen-bond acceptors (Lipinski definition) is 7. The summed E-state index contributed by atoms with van der Waals surface area (Å²) in [6.07, 6.45) is 0. The van der Waals surface area contributed by atoms with E-state index >= 15 is 0 Å². The average Bonchev–Trinajstić information content (AvgIpc) is 2.89. The number of rotatable bonds is 7. The second-order valence-corrected chi connectivity index (χ2v) is 5.87. The van der Waals surface area contributed by atoms with Gasteiger partial charge < -0.3 is 14.4 Å². The Labute approximate surface area is 121 Å². The molecule has 0 fully saturated rings. The number of hydrogen-bond donors (Lipinski definition) is 2. The van der Waals surface area contributed by atoms with Crippen LogP contribution >= 0.6 is 0 Å². The minimum atomic E-state index is -3.67.